The highest BCUT2D eigenvalue weighted by atomic mass is 16.5. The maximum atomic E-state index is 10.7. The molecule has 1 atom stereocenters. The average Bonchev–Trinajstić information content (AvgIpc) is 2.30. The Hall–Kier alpha value is -0.770. The molecule has 0 spiro atoms. The zero-order chi connectivity index (χ0) is 9.35. The molecule has 70 valence electrons. The summed E-state index contributed by atoms with van der Waals surface area (Å²) < 4.78 is 5.34. The lowest BCUT2D eigenvalue weighted by molar-refractivity contribution is -0.0369. The van der Waals surface area contributed by atoms with Gasteiger partial charge in [0.2, 0.25) is 0 Å². The van der Waals surface area contributed by atoms with Crippen molar-refractivity contribution in [3.05, 3.63) is 0 Å². The van der Waals surface area contributed by atoms with Crippen LogP contribution in [0.1, 0.15) is 20.8 Å². The topological polar surface area (TPSA) is 49.8 Å². The minimum atomic E-state index is -0.896. The monoisotopic (exact) mass is 173 g/mol. The van der Waals surface area contributed by atoms with E-state index in [1.54, 1.807) is 0 Å². The van der Waals surface area contributed by atoms with Gasteiger partial charge >= 0.3 is 6.09 Å². The predicted molar refractivity (Wildman–Crippen MR) is 43.9 cm³/mol. The Morgan fingerprint density at radius 2 is 2.17 bits per heavy atom. The lowest BCUT2D eigenvalue weighted by Crippen LogP contribution is -2.43. The van der Waals surface area contributed by atoms with Crippen molar-refractivity contribution in [2.75, 3.05) is 13.2 Å². The van der Waals surface area contributed by atoms with Gasteiger partial charge in [-0.25, -0.2) is 4.79 Å². The second kappa shape index (κ2) is 2.94. The fourth-order valence-electron chi connectivity index (χ4n) is 1.38. The van der Waals surface area contributed by atoms with Crippen molar-refractivity contribution in [2.24, 2.45) is 5.41 Å². The van der Waals surface area contributed by atoms with Gasteiger partial charge in [0.05, 0.1) is 13.2 Å². The van der Waals surface area contributed by atoms with Crippen molar-refractivity contribution in [1.29, 1.82) is 0 Å². The summed E-state index contributed by atoms with van der Waals surface area (Å²) in [6.07, 6.45) is -1.19. The lowest BCUT2D eigenvalue weighted by atomic mass is 9.94. The number of rotatable bonds is 0. The molecule has 0 aromatic heterocycles. The van der Waals surface area contributed by atoms with Crippen molar-refractivity contribution in [1.82, 2.24) is 4.90 Å². The smallest absolute Gasteiger partial charge is 0.409 e. The van der Waals surface area contributed by atoms with Crippen LogP contribution in [0.3, 0.4) is 0 Å². The zero-order valence-corrected chi connectivity index (χ0v) is 7.70. The Kier molecular flexibility index (Phi) is 2.28. The van der Waals surface area contributed by atoms with Gasteiger partial charge in [0.25, 0.3) is 0 Å². The van der Waals surface area contributed by atoms with Gasteiger partial charge in [-0.2, -0.15) is 0 Å². The standard InChI is InChI=1S/C8H15NO3/c1-8(2,3)6-9(7(10)11)4-5-12-6/h6H,4-5H2,1-3H3,(H,10,11). The molecule has 4 heteroatoms. The Bertz CT molecular complexity index is 185. The van der Waals surface area contributed by atoms with Crippen molar-refractivity contribution in [2.45, 2.75) is 27.0 Å². The van der Waals surface area contributed by atoms with Gasteiger partial charge in [-0.3, -0.25) is 4.90 Å². The van der Waals surface area contributed by atoms with Crippen LogP contribution in [-0.4, -0.2) is 35.5 Å². The highest BCUT2D eigenvalue weighted by molar-refractivity contribution is 5.65. The molecule has 1 amide bonds. The maximum absolute atomic E-state index is 10.7. The molecule has 0 bridgehead atoms. The Morgan fingerprint density at radius 3 is 2.50 bits per heavy atom. The molecule has 0 aromatic carbocycles. The van der Waals surface area contributed by atoms with Gasteiger partial charge in [0.15, 0.2) is 0 Å². The van der Waals surface area contributed by atoms with E-state index in [1.807, 2.05) is 20.8 Å². The molecular weight excluding hydrogens is 158 g/mol. The second-order valence-electron chi connectivity index (χ2n) is 4.07. The molecule has 1 unspecified atom stereocenters. The van der Waals surface area contributed by atoms with Crippen LogP contribution >= 0.6 is 0 Å². The van der Waals surface area contributed by atoms with Gasteiger partial charge < -0.3 is 9.84 Å². The summed E-state index contributed by atoms with van der Waals surface area (Å²) in [6, 6.07) is 0. The van der Waals surface area contributed by atoms with E-state index in [0.717, 1.165) is 0 Å². The molecule has 1 saturated heterocycles. The van der Waals surface area contributed by atoms with E-state index < -0.39 is 6.09 Å². The summed E-state index contributed by atoms with van der Waals surface area (Å²) in [7, 11) is 0. The van der Waals surface area contributed by atoms with Crippen LogP contribution in [0.5, 0.6) is 0 Å². The van der Waals surface area contributed by atoms with Crippen LogP contribution in [0.25, 0.3) is 0 Å². The molecule has 0 aliphatic carbocycles. The molecule has 4 nitrogen and oxygen atoms in total. The molecule has 0 aromatic rings. The first-order chi connectivity index (χ1) is 5.43. The third-order valence-corrected chi connectivity index (χ3v) is 1.88. The highest BCUT2D eigenvalue weighted by Crippen LogP contribution is 2.28. The molecule has 12 heavy (non-hydrogen) atoms. The van der Waals surface area contributed by atoms with Gasteiger partial charge in [0, 0.05) is 5.41 Å². The SMILES string of the molecule is CC(C)(C)C1OCCN1C(=O)O. The fraction of sp³-hybridized carbons (Fsp3) is 0.875. The largest absolute Gasteiger partial charge is 0.465 e. The molecule has 1 fully saturated rings. The summed E-state index contributed by atoms with van der Waals surface area (Å²) in [5.41, 5.74) is -0.144. The summed E-state index contributed by atoms with van der Waals surface area (Å²) in [6.45, 7) is 6.91. The first-order valence-corrected chi connectivity index (χ1v) is 4.04. The van der Waals surface area contributed by atoms with Gasteiger partial charge in [-0.05, 0) is 0 Å². The van der Waals surface area contributed by atoms with E-state index in [2.05, 4.69) is 0 Å². The number of hydrogen-bond donors (Lipinski definition) is 1. The van der Waals surface area contributed by atoms with Crippen LogP contribution in [0, 0.1) is 5.41 Å². The Morgan fingerprint density at radius 1 is 1.58 bits per heavy atom. The first kappa shape index (κ1) is 9.32. The van der Waals surface area contributed by atoms with Crippen LogP contribution in [-0.2, 0) is 4.74 Å². The van der Waals surface area contributed by atoms with E-state index in [-0.39, 0.29) is 11.6 Å². The normalized spacial score (nSPS) is 24.6. The van der Waals surface area contributed by atoms with Crippen LogP contribution in [0.15, 0.2) is 0 Å². The van der Waals surface area contributed by atoms with Crippen molar-refractivity contribution in [3.8, 4) is 0 Å². The first-order valence-electron chi connectivity index (χ1n) is 4.04. The van der Waals surface area contributed by atoms with Crippen molar-refractivity contribution < 1.29 is 14.6 Å². The van der Waals surface area contributed by atoms with E-state index in [1.165, 1.54) is 4.90 Å². The third-order valence-electron chi connectivity index (χ3n) is 1.88. The molecule has 0 saturated carbocycles. The Balaban J connectivity index is 2.71. The van der Waals surface area contributed by atoms with Gasteiger partial charge in [-0.15, -0.1) is 0 Å². The quantitative estimate of drug-likeness (QED) is 0.601. The van der Waals surface area contributed by atoms with Gasteiger partial charge in [0.1, 0.15) is 6.23 Å². The summed E-state index contributed by atoms with van der Waals surface area (Å²) in [5, 5.41) is 8.79. The second-order valence-corrected chi connectivity index (χ2v) is 4.07. The van der Waals surface area contributed by atoms with Crippen LogP contribution in [0.4, 0.5) is 4.79 Å². The highest BCUT2D eigenvalue weighted by Gasteiger charge is 2.37. The number of carboxylic acid groups (broad SMARTS) is 1. The van der Waals surface area contributed by atoms with Crippen molar-refractivity contribution >= 4 is 6.09 Å². The minimum Gasteiger partial charge on any atom is -0.465 e. The zero-order valence-electron chi connectivity index (χ0n) is 7.70. The van der Waals surface area contributed by atoms with E-state index >= 15 is 0 Å². The average molecular weight is 173 g/mol. The molecule has 1 aliphatic rings. The molecule has 1 aliphatic heterocycles. The minimum absolute atomic E-state index is 0.144. The molecule has 0 radical (unpaired) electrons. The number of ether oxygens (including phenoxy) is 1. The summed E-state index contributed by atoms with van der Waals surface area (Å²) in [4.78, 5) is 12.1. The van der Waals surface area contributed by atoms with Crippen LogP contribution < -0.4 is 0 Å². The van der Waals surface area contributed by atoms with E-state index in [0.29, 0.717) is 13.2 Å². The fourth-order valence-corrected chi connectivity index (χ4v) is 1.38. The Labute approximate surface area is 72.1 Å². The molecule has 1 heterocycles. The third kappa shape index (κ3) is 1.69. The van der Waals surface area contributed by atoms with Gasteiger partial charge in [-0.1, -0.05) is 20.8 Å². The number of carbonyl (C=O) groups is 1. The molecule has 1 N–H and O–H groups in total. The predicted octanol–water partition coefficient (Wildman–Crippen LogP) is 1.37. The number of hydrogen-bond acceptors (Lipinski definition) is 2. The number of nitrogens with zero attached hydrogens (tertiary/aromatic N) is 1. The summed E-state index contributed by atoms with van der Waals surface area (Å²) in [5.74, 6) is 0. The van der Waals surface area contributed by atoms with Crippen LogP contribution in [0.2, 0.25) is 0 Å². The maximum Gasteiger partial charge on any atom is 0.409 e. The lowest BCUT2D eigenvalue weighted by Gasteiger charge is -2.31. The molecule has 1 rings (SSSR count). The van der Waals surface area contributed by atoms with E-state index in [9.17, 15) is 4.79 Å². The number of amides is 1. The van der Waals surface area contributed by atoms with E-state index in [4.69, 9.17) is 9.84 Å². The summed E-state index contributed by atoms with van der Waals surface area (Å²) >= 11 is 0. The molecular formula is C8H15NO3. The van der Waals surface area contributed by atoms with Crippen molar-refractivity contribution in [3.63, 3.8) is 0 Å².